The number of aromatic nitrogens is 4. The van der Waals surface area contributed by atoms with Crippen LogP contribution < -0.4 is 5.32 Å². The van der Waals surface area contributed by atoms with Gasteiger partial charge in [0, 0.05) is 36.3 Å². The minimum absolute atomic E-state index is 0.299. The fourth-order valence-corrected chi connectivity index (χ4v) is 2.15. The first-order valence-corrected chi connectivity index (χ1v) is 7.72. The van der Waals surface area contributed by atoms with Crippen LogP contribution in [0.25, 0.3) is 11.3 Å². The largest absolute Gasteiger partial charge is 0.370 e. The van der Waals surface area contributed by atoms with Crippen molar-refractivity contribution in [2.45, 2.75) is 53.5 Å². The Morgan fingerprint density at radius 2 is 2.00 bits per heavy atom. The molecule has 21 heavy (non-hydrogen) atoms. The van der Waals surface area contributed by atoms with E-state index in [0.29, 0.717) is 5.92 Å². The van der Waals surface area contributed by atoms with E-state index in [0.717, 1.165) is 48.0 Å². The lowest BCUT2D eigenvalue weighted by molar-refractivity contribution is 0.660. The van der Waals surface area contributed by atoms with Crippen LogP contribution in [0.2, 0.25) is 0 Å². The van der Waals surface area contributed by atoms with E-state index < -0.39 is 0 Å². The number of nitrogens with zero attached hydrogens (tertiary/aromatic N) is 4. The summed E-state index contributed by atoms with van der Waals surface area (Å²) in [5.41, 5.74) is 3.12. The van der Waals surface area contributed by atoms with Gasteiger partial charge in [0.25, 0.3) is 0 Å². The van der Waals surface area contributed by atoms with Crippen LogP contribution in [-0.2, 0) is 6.54 Å². The molecule has 0 saturated heterocycles. The highest BCUT2D eigenvalue weighted by Crippen LogP contribution is 2.27. The van der Waals surface area contributed by atoms with E-state index >= 15 is 0 Å². The Morgan fingerprint density at radius 3 is 2.57 bits per heavy atom. The second-order valence-corrected chi connectivity index (χ2v) is 5.57. The molecule has 0 aliphatic carbocycles. The van der Waals surface area contributed by atoms with Crippen LogP contribution >= 0.6 is 0 Å². The lowest BCUT2D eigenvalue weighted by Crippen LogP contribution is -2.09. The van der Waals surface area contributed by atoms with Crippen molar-refractivity contribution in [1.29, 1.82) is 0 Å². The van der Waals surface area contributed by atoms with Crippen LogP contribution in [0.15, 0.2) is 12.4 Å². The number of rotatable bonds is 6. The molecule has 0 aliphatic heterocycles. The van der Waals surface area contributed by atoms with Crippen LogP contribution in [0, 0.1) is 6.92 Å². The average Bonchev–Trinajstić information content (AvgIpc) is 2.94. The van der Waals surface area contributed by atoms with Gasteiger partial charge in [-0.15, -0.1) is 0 Å². The summed E-state index contributed by atoms with van der Waals surface area (Å²) in [6.07, 6.45) is 5.00. The number of hydrogen-bond donors (Lipinski definition) is 1. The molecule has 0 aliphatic rings. The summed E-state index contributed by atoms with van der Waals surface area (Å²) in [6, 6.07) is 0. The third kappa shape index (κ3) is 3.40. The van der Waals surface area contributed by atoms with E-state index in [1.54, 1.807) is 0 Å². The molecular formula is C16H25N5. The highest BCUT2D eigenvalue weighted by Gasteiger charge is 2.15. The summed E-state index contributed by atoms with van der Waals surface area (Å²) < 4.78 is 1.92. The second-order valence-electron chi connectivity index (χ2n) is 5.57. The molecular weight excluding hydrogens is 262 g/mol. The Kier molecular flexibility index (Phi) is 4.94. The van der Waals surface area contributed by atoms with E-state index in [1.165, 1.54) is 0 Å². The first-order valence-electron chi connectivity index (χ1n) is 7.72. The molecule has 0 fully saturated rings. The zero-order valence-corrected chi connectivity index (χ0v) is 13.6. The smallest absolute Gasteiger partial charge is 0.133 e. The quantitative estimate of drug-likeness (QED) is 0.881. The Bertz CT molecular complexity index is 601. The molecule has 5 heteroatoms. The van der Waals surface area contributed by atoms with Crippen molar-refractivity contribution in [1.82, 2.24) is 19.7 Å². The van der Waals surface area contributed by atoms with Crippen molar-refractivity contribution < 1.29 is 0 Å². The molecule has 0 atom stereocenters. The van der Waals surface area contributed by atoms with Crippen molar-refractivity contribution in [2.24, 2.45) is 0 Å². The fraction of sp³-hybridized carbons (Fsp3) is 0.562. The predicted octanol–water partition coefficient (Wildman–Crippen LogP) is 3.61. The van der Waals surface area contributed by atoms with Gasteiger partial charge >= 0.3 is 0 Å². The molecule has 2 heterocycles. The summed E-state index contributed by atoms with van der Waals surface area (Å²) in [7, 11) is 0. The first kappa shape index (κ1) is 15.5. The third-order valence-corrected chi connectivity index (χ3v) is 3.45. The van der Waals surface area contributed by atoms with Crippen LogP contribution in [0.4, 0.5) is 5.82 Å². The molecule has 2 aromatic rings. The summed E-state index contributed by atoms with van der Waals surface area (Å²) in [5, 5.41) is 7.76. The molecule has 0 aromatic carbocycles. The molecule has 5 nitrogen and oxygen atoms in total. The van der Waals surface area contributed by atoms with Crippen molar-refractivity contribution in [3.8, 4) is 11.3 Å². The molecule has 0 saturated carbocycles. The molecule has 0 bridgehead atoms. The third-order valence-electron chi connectivity index (χ3n) is 3.45. The van der Waals surface area contributed by atoms with Gasteiger partial charge in [0.15, 0.2) is 0 Å². The van der Waals surface area contributed by atoms with Gasteiger partial charge < -0.3 is 5.32 Å². The monoisotopic (exact) mass is 287 g/mol. The van der Waals surface area contributed by atoms with Gasteiger partial charge in [0.05, 0.1) is 11.9 Å². The molecule has 0 amide bonds. The number of hydrogen-bond acceptors (Lipinski definition) is 4. The standard InChI is InChI=1S/C16H25N5/c1-6-8-17-16-12(5)14(19-15(20-16)11(3)4)13-9-18-21(7-2)10-13/h9-11H,6-8H2,1-5H3,(H,17,19,20). The van der Waals surface area contributed by atoms with E-state index in [2.05, 4.69) is 50.0 Å². The van der Waals surface area contributed by atoms with Crippen molar-refractivity contribution in [3.05, 3.63) is 23.8 Å². The summed E-state index contributed by atoms with van der Waals surface area (Å²) >= 11 is 0. The van der Waals surface area contributed by atoms with Crippen LogP contribution in [0.1, 0.15) is 51.4 Å². The second kappa shape index (κ2) is 6.70. The zero-order valence-electron chi connectivity index (χ0n) is 13.6. The number of aryl methyl sites for hydroxylation is 1. The summed E-state index contributed by atoms with van der Waals surface area (Å²) in [4.78, 5) is 9.43. The van der Waals surface area contributed by atoms with E-state index in [4.69, 9.17) is 4.98 Å². The molecule has 114 valence electrons. The summed E-state index contributed by atoms with van der Waals surface area (Å²) in [5.74, 6) is 2.11. The normalized spacial score (nSPS) is 11.1. The Hall–Kier alpha value is -1.91. The lowest BCUT2D eigenvalue weighted by atomic mass is 10.1. The topological polar surface area (TPSA) is 55.6 Å². The highest BCUT2D eigenvalue weighted by molar-refractivity contribution is 5.67. The Balaban J connectivity index is 2.49. The number of nitrogens with one attached hydrogen (secondary N) is 1. The zero-order chi connectivity index (χ0) is 15.4. The minimum atomic E-state index is 0.299. The van der Waals surface area contributed by atoms with Crippen molar-refractivity contribution >= 4 is 5.82 Å². The van der Waals surface area contributed by atoms with Gasteiger partial charge in [-0.3, -0.25) is 4.68 Å². The van der Waals surface area contributed by atoms with Crippen molar-refractivity contribution in [2.75, 3.05) is 11.9 Å². The van der Waals surface area contributed by atoms with E-state index in [9.17, 15) is 0 Å². The SMILES string of the molecule is CCCNc1nc(C(C)C)nc(-c2cnn(CC)c2)c1C. The number of anilines is 1. The molecule has 0 spiro atoms. The minimum Gasteiger partial charge on any atom is -0.370 e. The van der Waals surface area contributed by atoms with Gasteiger partial charge in [0.1, 0.15) is 11.6 Å². The molecule has 2 aromatic heterocycles. The average molecular weight is 287 g/mol. The maximum absolute atomic E-state index is 4.75. The molecule has 0 unspecified atom stereocenters. The molecule has 0 radical (unpaired) electrons. The van der Waals surface area contributed by atoms with Gasteiger partial charge in [-0.2, -0.15) is 5.10 Å². The first-order chi connectivity index (χ1) is 10.1. The molecule has 2 rings (SSSR count). The Labute approximate surface area is 126 Å². The van der Waals surface area contributed by atoms with Gasteiger partial charge in [-0.05, 0) is 20.3 Å². The maximum atomic E-state index is 4.75. The van der Waals surface area contributed by atoms with Gasteiger partial charge in [0.2, 0.25) is 0 Å². The fourth-order valence-electron chi connectivity index (χ4n) is 2.15. The van der Waals surface area contributed by atoms with Gasteiger partial charge in [-0.25, -0.2) is 9.97 Å². The molecule has 1 N–H and O–H groups in total. The predicted molar refractivity (Wildman–Crippen MR) is 86.5 cm³/mol. The summed E-state index contributed by atoms with van der Waals surface area (Å²) in [6.45, 7) is 12.3. The van der Waals surface area contributed by atoms with Crippen molar-refractivity contribution in [3.63, 3.8) is 0 Å². The van der Waals surface area contributed by atoms with Crippen LogP contribution in [0.3, 0.4) is 0 Å². The van der Waals surface area contributed by atoms with Crippen LogP contribution in [-0.4, -0.2) is 26.3 Å². The Morgan fingerprint density at radius 1 is 1.24 bits per heavy atom. The maximum Gasteiger partial charge on any atom is 0.133 e. The highest BCUT2D eigenvalue weighted by atomic mass is 15.3. The lowest BCUT2D eigenvalue weighted by Gasteiger charge is -2.14. The van der Waals surface area contributed by atoms with E-state index in [1.807, 2.05) is 17.1 Å². The van der Waals surface area contributed by atoms with Gasteiger partial charge in [-0.1, -0.05) is 20.8 Å². The van der Waals surface area contributed by atoms with Crippen LogP contribution in [0.5, 0.6) is 0 Å². The van der Waals surface area contributed by atoms with E-state index in [-0.39, 0.29) is 0 Å².